The molecule has 1 rings (SSSR count). The molecule has 3 N–H and O–H groups in total. The SMILES string of the molecule is C=C1C(=O)OCCOC1=O.CCCCCC.O=P(O)(O)O. The number of carbonyl (C=O) groups is 2. The number of hydrogen-bond acceptors (Lipinski definition) is 5. The second kappa shape index (κ2) is 12.5. The third kappa shape index (κ3) is 18.8. The average molecular weight is 326 g/mol. The van der Waals surface area contributed by atoms with E-state index in [2.05, 4.69) is 29.9 Å². The Balaban J connectivity index is 0. The van der Waals surface area contributed by atoms with Crippen molar-refractivity contribution in [3.8, 4) is 0 Å². The Morgan fingerprint density at radius 2 is 1.29 bits per heavy atom. The lowest BCUT2D eigenvalue weighted by Crippen LogP contribution is -2.10. The van der Waals surface area contributed by atoms with Crippen LogP contribution in [0.1, 0.15) is 39.5 Å². The summed E-state index contributed by atoms with van der Waals surface area (Å²) in [6, 6.07) is 0. The molecule has 1 aliphatic rings. The molecule has 9 heteroatoms. The van der Waals surface area contributed by atoms with Gasteiger partial charge in [-0.15, -0.1) is 0 Å². The fraction of sp³-hybridized carbons (Fsp3) is 0.667. The standard InChI is InChI=1S/C6H6O4.C6H14.H3O4P/c1-4-5(7)9-2-3-10-6(4)8;1-3-5-6-4-2;1-5(2,3)4/h1-3H2;3-6H2,1-2H3;(H3,1,2,3,4). The first kappa shape index (κ1) is 22.1. The van der Waals surface area contributed by atoms with Crippen molar-refractivity contribution in [1.82, 2.24) is 0 Å². The molecule has 0 radical (unpaired) electrons. The number of unbranched alkanes of at least 4 members (excludes halogenated alkanes) is 3. The van der Waals surface area contributed by atoms with Crippen molar-refractivity contribution in [1.29, 1.82) is 0 Å². The summed E-state index contributed by atoms with van der Waals surface area (Å²) in [4.78, 5) is 42.8. The van der Waals surface area contributed by atoms with Crippen LogP contribution >= 0.6 is 7.82 Å². The Morgan fingerprint density at radius 1 is 1.00 bits per heavy atom. The number of hydrogen-bond donors (Lipinski definition) is 3. The Bertz CT molecular complexity index is 341. The predicted octanol–water partition coefficient (Wildman–Crippen LogP) is 1.30. The van der Waals surface area contributed by atoms with Gasteiger partial charge in [0, 0.05) is 0 Å². The summed E-state index contributed by atoms with van der Waals surface area (Å²) in [5.41, 5.74) is -0.238. The van der Waals surface area contributed by atoms with Crippen LogP contribution < -0.4 is 0 Å². The summed E-state index contributed by atoms with van der Waals surface area (Å²) in [6.07, 6.45) is 5.54. The highest BCUT2D eigenvalue weighted by molar-refractivity contribution is 7.45. The molecule has 0 spiro atoms. The third-order valence-electron chi connectivity index (χ3n) is 2.00. The molecular formula is C12H23O8P. The normalized spacial score (nSPS) is 14.6. The number of cyclic esters (lactones) is 2. The monoisotopic (exact) mass is 326 g/mol. The molecule has 0 aliphatic carbocycles. The quantitative estimate of drug-likeness (QED) is 0.232. The smallest absolute Gasteiger partial charge is 0.458 e. The molecule has 8 nitrogen and oxygen atoms in total. The van der Waals surface area contributed by atoms with Crippen molar-refractivity contribution in [2.75, 3.05) is 13.2 Å². The maximum atomic E-state index is 10.6. The van der Waals surface area contributed by atoms with E-state index in [-0.39, 0.29) is 18.8 Å². The van der Waals surface area contributed by atoms with Gasteiger partial charge in [-0.2, -0.15) is 0 Å². The number of ether oxygens (including phenoxy) is 2. The van der Waals surface area contributed by atoms with Crippen LogP contribution in [0.5, 0.6) is 0 Å². The maximum Gasteiger partial charge on any atom is 0.466 e. The summed E-state index contributed by atoms with van der Waals surface area (Å²) < 4.78 is 17.9. The molecule has 1 fully saturated rings. The first-order valence-corrected chi connectivity index (χ1v) is 8.01. The molecule has 0 aromatic carbocycles. The Labute approximate surface area is 124 Å². The van der Waals surface area contributed by atoms with Gasteiger partial charge in [-0.1, -0.05) is 46.1 Å². The third-order valence-corrected chi connectivity index (χ3v) is 2.00. The van der Waals surface area contributed by atoms with E-state index in [1.54, 1.807) is 0 Å². The van der Waals surface area contributed by atoms with Crippen LogP contribution in [-0.2, 0) is 23.6 Å². The molecule has 1 aliphatic heterocycles. The van der Waals surface area contributed by atoms with E-state index >= 15 is 0 Å². The van der Waals surface area contributed by atoms with E-state index in [9.17, 15) is 9.59 Å². The minimum absolute atomic E-state index is 0.115. The Hall–Kier alpha value is -1.21. The van der Waals surface area contributed by atoms with Crippen molar-refractivity contribution < 1.29 is 38.3 Å². The number of rotatable bonds is 3. The highest BCUT2D eigenvalue weighted by Gasteiger charge is 2.21. The number of carbonyl (C=O) groups excluding carboxylic acids is 2. The maximum absolute atomic E-state index is 10.6. The van der Waals surface area contributed by atoms with Gasteiger partial charge in [0.1, 0.15) is 18.8 Å². The van der Waals surface area contributed by atoms with Gasteiger partial charge in [-0.3, -0.25) is 0 Å². The van der Waals surface area contributed by atoms with E-state index in [4.69, 9.17) is 19.2 Å². The average Bonchev–Trinajstić information content (AvgIpc) is 2.51. The van der Waals surface area contributed by atoms with Gasteiger partial charge in [0.05, 0.1) is 0 Å². The number of phosphoric acid groups is 1. The van der Waals surface area contributed by atoms with Crippen LogP contribution in [-0.4, -0.2) is 39.8 Å². The van der Waals surface area contributed by atoms with Crippen molar-refractivity contribution in [2.45, 2.75) is 39.5 Å². The Morgan fingerprint density at radius 3 is 1.52 bits per heavy atom. The summed E-state index contributed by atoms with van der Waals surface area (Å²) in [5, 5.41) is 0. The van der Waals surface area contributed by atoms with Crippen LogP contribution in [0.3, 0.4) is 0 Å². The molecule has 21 heavy (non-hydrogen) atoms. The van der Waals surface area contributed by atoms with E-state index in [1.165, 1.54) is 25.7 Å². The molecule has 0 unspecified atom stereocenters. The van der Waals surface area contributed by atoms with Gasteiger partial charge in [-0.25, -0.2) is 14.2 Å². The molecule has 1 heterocycles. The summed E-state index contributed by atoms with van der Waals surface area (Å²) in [6.45, 7) is 7.88. The van der Waals surface area contributed by atoms with Gasteiger partial charge in [-0.05, 0) is 0 Å². The van der Waals surface area contributed by atoms with Gasteiger partial charge >= 0.3 is 19.8 Å². The highest BCUT2D eigenvalue weighted by atomic mass is 31.2. The van der Waals surface area contributed by atoms with Crippen LogP contribution in [0.2, 0.25) is 0 Å². The van der Waals surface area contributed by atoms with Crippen molar-refractivity contribution in [3.05, 3.63) is 12.2 Å². The Kier molecular flexibility index (Phi) is 13.2. The molecule has 0 atom stereocenters. The molecule has 0 bridgehead atoms. The van der Waals surface area contributed by atoms with Crippen LogP contribution in [0.25, 0.3) is 0 Å². The lowest BCUT2D eigenvalue weighted by Gasteiger charge is -1.93. The summed E-state index contributed by atoms with van der Waals surface area (Å²) in [7, 11) is -4.64. The minimum Gasteiger partial charge on any atom is -0.458 e. The number of esters is 2. The molecule has 0 saturated carbocycles. The first-order valence-electron chi connectivity index (χ1n) is 6.44. The molecule has 0 amide bonds. The van der Waals surface area contributed by atoms with Crippen LogP contribution in [0.15, 0.2) is 12.2 Å². The van der Waals surface area contributed by atoms with Gasteiger partial charge in [0.15, 0.2) is 0 Å². The van der Waals surface area contributed by atoms with Crippen molar-refractivity contribution in [2.24, 2.45) is 0 Å². The lowest BCUT2D eigenvalue weighted by molar-refractivity contribution is -0.140. The zero-order valence-corrected chi connectivity index (χ0v) is 13.2. The minimum atomic E-state index is -4.64. The largest absolute Gasteiger partial charge is 0.466 e. The van der Waals surface area contributed by atoms with E-state index < -0.39 is 19.8 Å². The molecule has 0 aromatic heterocycles. The lowest BCUT2D eigenvalue weighted by atomic mass is 10.2. The summed E-state index contributed by atoms with van der Waals surface area (Å²) in [5.74, 6) is -1.38. The fourth-order valence-corrected chi connectivity index (χ4v) is 1.03. The van der Waals surface area contributed by atoms with Gasteiger partial charge < -0.3 is 24.2 Å². The molecule has 1 saturated heterocycles. The van der Waals surface area contributed by atoms with Crippen LogP contribution in [0, 0.1) is 0 Å². The second-order valence-corrected chi connectivity index (χ2v) is 5.00. The highest BCUT2D eigenvalue weighted by Crippen LogP contribution is 2.25. The van der Waals surface area contributed by atoms with Crippen molar-refractivity contribution in [3.63, 3.8) is 0 Å². The molecular weight excluding hydrogens is 303 g/mol. The molecule has 0 aromatic rings. The van der Waals surface area contributed by atoms with Crippen molar-refractivity contribution >= 4 is 19.8 Å². The second-order valence-electron chi connectivity index (χ2n) is 3.97. The van der Waals surface area contributed by atoms with E-state index in [0.29, 0.717) is 0 Å². The topological polar surface area (TPSA) is 130 Å². The zero-order chi connectivity index (χ0) is 16.9. The van der Waals surface area contributed by atoms with E-state index in [1.807, 2.05) is 0 Å². The zero-order valence-electron chi connectivity index (χ0n) is 12.3. The first-order chi connectivity index (χ1) is 9.63. The van der Waals surface area contributed by atoms with Crippen LogP contribution in [0.4, 0.5) is 0 Å². The van der Waals surface area contributed by atoms with Gasteiger partial charge in [0.2, 0.25) is 0 Å². The fourth-order valence-electron chi connectivity index (χ4n) is 1.03. The summed E-state index contributed by atoms with van der Waals surface area (Å²) >= 11 is 0. The van der Waals surface area contributed by atoms with E-state index in [0.717, 1.165) is 0 Å². The predicted molar refractivity (Wildman–Crippen MR) is 75.1 cm³/mol. The molecule has 124 valence electrons. The van der Waals surface area contributed by atoms with Gasteiger partial charge in [0.25, 0.3) is 0 Å².